The molecule has 0 fully saturated rings. The molecule has 1 N–H and O–H groups in total. The van der Waals surface area contributed by atoms with E-state index in [4.69, 9.17) is 16.7 Å². The summed E-state index contributed by atoms with van der Waals surface area (Å²) in [6, 6.07) is 7.51. The van der Waals surface area contributed by atoms with Crippen molar-refractivity contribution in [3.8, 4) is 0 Å². The maximum atomic E-state index is 12.8. The third-order valence-electron chi connectivity index (χ3n) is 4.05. The van der Waals surface area contributed by atoms with Gasteiger partial charge in [0.15, 0.2) is 5.16 Å². The molecule has 0 bridgehead atoms. The van der Waals surface area contributed by atoms with Crippen molar-refractivity contribution < 1.29 is 9.90 Å². The van der Waals surface area contributed by atoms with Crippen molar-refractivity contribution in [1.82, 2.24) is 9.55 Å². The zero-order valence-electron chi connectivity index (χ0n) is 15.0. The standard InChI is InChI=1S/C19H23ClN2O3S/c1-3-16-15(12-13-7-6-8-14(20)11-13)18(25)22(2)19(21-16)26-10-5-4-9-17(23)24/h6-8,11H,3-5,9-10,12H2,1-2H3,(H,23,24). The van der Waals surface area contributed by atoms with Gasteiger partial charge in [0.2, 0.25) is 0 Å². The summed E-state index contributed by atoms with van der Waals surface area (Å²) in [5, 5.41) is 10.0. The number of carbonyl (C=O) groups is 1. The molecule has 0 saturated heterocycles. The number of aryl methyl sites for hydroxylation is 1. The van der Waals surface area contributed by atoms with Crippen molar-refractivity contribution in [3.63, 3.8) is 0 Å². The van der Waals surface area contributed by atoms with Crippen molar-refractivity contribution in [3.05, 3.63) is 56.5 Å². The fourth-order valence-corrected chi connectivity index (χ4v) is 3.86. The average Bonchev–Trinajstić information content (AvgIpc) is 2.60. The molecular weight excluding hydrogens is 372 g/mol. The SMILES string of the molecule is CCc1nc(SCCCCC(=O)O)n(C)c(=O)c1Cc1cccc(Cl)c1. The third-order valence-corrected chi connectivity index (χ3v) is 5.40. The highest BCUT2D eigenvalue weighted by Gasteiger charge is 2.14. The number of aliphatic carboxylic acids is 1. The summed E-state index contributed by atoms with van der Waals surface area (Å²) in [5.74, 6) is -0.0381. The number of hydrogen-bond donors (Lipinski definition) is 1. The van der Waals surface area contributed by atoms with Crippen molar-refractivity contribution in [2.75, 3.05) is 5.75 Å². The lowest BCUT2D eigenvalue weighted by atomic mass is 10.0. The summed E-state index contributed by atoms with van der Waals surface area (Å²) in [6.45, 7) is 1.99. The molecule has 0 unspecified atom stereocenters. The van der Waals surface area contributed by atoms with E-state index in [2.05, 4.69) is 4.98 Å². The predicted molar refractivity (Wildman–Crippen MR) is 105 cm³/mol. The Morgan fingerprint density at radius 2 is 2.12 bits per heavy atom. The minimum absolute atomic E-state index is 0.0372. The van der Waals surface area contributed by atoms with Crippen molar-refractivity contribution in [2.24, 2.45) is 7.05 Å². The van der Waals surface area contributed by atoms with E-state index < -0.39 is 5.97 Å². The summed E-state index contributed by atoms with van der Waals surface area (Å²) in [4.78, 5) is 28.1. The first-order valence-electron chi connectivity index (χ1n) is 8.60. The predicted octanol–water partition coefficient (Wildman–Crippen LogP) is 3.93. The topological polar surface area (TPSA) is 72.2 Å². The summed E-state index contributed by atoms with van der Waals surface area (Å²) < 4.78 is 1.58. The van der Waals surface area contributed by atoms with Crippen LogP contribution in [0.2, 0.25) is 5.02 Å². The smallest absolute Gasteiger partial charge is 0.303 e. The molecule has 26 heavy (non-hydrogen) atoms. The van der Waals surface area contributed by atoms with E-state index in [0.717, 1.165) is 23.4 Å². The Morgan fingerprint density at radius 1 is 1.35 bits per heavy atom. The molecule has 1 aromatic heterocycles. The molecule has 0 aliphatic rings. The zero-order chi connectivity index (χ0) is 19.1. The molecule has 0 radical (unpaired) electrons. The first kappa shape index (κ1) is 20.5. The van der Waals surface area contributed by atoms with Gasteiger partial charge in [-0.15, -0.1) is 0 Å². The molecule has 0 aliphatic heterocycles. The van der Waals surface area contributed by atoms with Crippen molar-refractivity contribution in [1.29, 1.82) is 0 Å². The molecule has 0 aliphatic carbocycles. The first-order chi connectivity index (χ1) is 12.4. The van der Waals surface area contributed by atoms with Crippen LogP contribution in [-0.2, 0) is 24.7 Å². The van der Waals surface area contributed by atoms with Gasteiger partial charge in [-0.05, 0) is 37.0 Å². The van der Waals surface area contributed by atoms with Gasteiger partial charge in [-0.3, -0.25) is 14.2 Å². The van der Waals surface area contributed by atoms with Crippen LogP contribution in [0.3, 0.4) is 0 Å². The second-order valence-corrected chi connectivity index (χ2v) is 7.54. The lowest BCUT2D eigenvalue weighted by Gasteiger charge is -2.13. The number of unbranched alkanes of at least 4 members (excludes halogenated alkanes) is 1. The number of benzene rings is 1. The summed E-state index contributed by atoms with van der Waals surface area (Å²) >= 11 is 7.54. The number of carboxylic acid groups (broad SMARTS) is 1. The van der Waals surface area contributed by atoms with Gasteiger partial charge >= 0.3 is 5.97 Å². The van der Waals surface area contributed by atoms with Gasteiger partial charge in [-0.25, -0.2) is 4.98 Å². The van der Waals surface area contributed by atoms with Crippen LogP contribution in [0, 0.1) is 0 Å². The first-order valence-corrected chi connectivity index (χ1v) is 9.96. The quantitative estimate of drug-likeness (QED) is 0.396. The minimum Gasteiger partial charge on any atom is -0.481 e. The molecule has 0 atom stereocenters. The molecule has 140 valence electrons. The molecule has 1 heterocycles. The van der Waals surface area contributed by atoms with Crippen LogP contribution in [-0.4, -0.2) is 26.4 Å². The Balaban J connectivity index is 2.17. The molecular formula is C19H23ClN2O3S. The van der Waals surface area contributed by atoms with Crippen LogP contribution < -0.4 is 5.56 Å². The van der Waals surface area contributed by atoms with Gasteiger partial charge in [-0.1, -0.05) is 42.4 Å². The Hall–Kier alpha value is -1.79. The number of carboxylic acids is 1. The maximum Gasteiger partial charge on any atom is 0.303 e. The molecule has 7 heteroatoms. The van der Waals surface area contributed by atoms with Crippen LogP contribution in [0.15, 0.2) is 34.2 Å². The summed E-state index contributed by atoms with van der Waals surface area (Å²) in [6.07, 6.45) is 2.76. The van der Waals surface area contributed by atoms with Gasteiger partial charge in [0.1, 0.15) is 0 Å². The van der Waals surface area contributed by atoms with Crippen LogP contribution in [0.1, 0.15) is 43.0 Å². The fourth-order valence-electron chi connectivity index (χ4n) is 2.66. The van der Waals surface area contributed by atoms with Gasteiger partial charge < -0.3 is 5.11 Å². The molecule has 2 rings (SSSR count). The van der Waals surface area contributed by atoms with E-state index >= 15 is 0 Å². The van der Waals surface area contributed by atoms with E-state index in [1.807, 2.05) is 31.2 Å². The maximum absolute atomic E-state index is 12.8. The minimum atomic E-state index is -0.779. The second-order valence-electron chi connectivity index (χ2n) is 6.04. The highest BCUT2D eigenvalue weighted by atomic mass is 35.5. The van der Waals surface area contributed by atoms with Gasteiger partial charge in [0, 0.05) is 36.2 Å². The average molecular weight is 395 g/mol. The van der Waals surface area contributed by atoms with Crippen molar-refractivity contribution >= 4 is 29.3 Å². The van der Waals surface area contributed by atoms with Gasteiger partial charge in [0.05, 0.1) is 5.69 Å². The molecule has 0 amide bonds. The largest absolute Gasteiger partial charge is 0.481 e. The van der Waals surface area contributed by atoms with E-state index in [-0.39, 0.29) is 12.0 Å². The van der Waals surface area contributed by atoms with Crippen LogP contribution in [0.5, 0.6) is 0 Å². The fraction of sp³-hybridized carbons (Fsp3) is 0.421. The molecule has 5 nitrogen and oxygen atoms in total. The lowest BCUT2D eigenvalue weighted by molar-refractivity contribution is -0.137. The highest BCUT2D eigenvalue weighted by Crippen LogP contribution is 2.20. The second kappa shape index (κ2) is 9.78. The van der Waals surface area contributed by atoms with Gasteiger partial charge in [-0.2, -0.15) is 0 Å². The number of aromatic nitrogens is 2. The zero-order valence-corrected chi connectivity index (χ0v) is 16.6. The Morgan fingerprint density at radius 3 is 2.77 bits per heavy atom. The number of hydrogen-bond acceptors (Lipinski definition) is 4. The summed E-state index contributed by atoms with van der Waals surface area (Å²) in [7, 11) is 1.73. The van der Waals surface area contributed by atoms with E-state index in [9.17, 15) is 9.59 Å². The van der Waals surface area contributed by atoms with E-state index in [0.29, 0.717) is 35.0 Å². The molecule has 1 aromatic carbocycles. The number of thioether (sulfide) groups is 1. The summed E-state index contributed by atoms with van der Waals surface area (Å²) in [5.41, 5.74) is 2.46. The van der Waals surface area contributed by atoms with Crippen LogP contribution in [0.25, 0.3) is 0 Å². The molecule has 0 spiro atoms. The molecule has 0 saturated carbocycles. The Labute approximate surface area is 162 Å². The van der Waals surface area contributed by atoms with E-state index in [1.165, 1.54) is 11.8 Å². The molecule has 2 aromatic rings. The number of nitrogens with zero attached hydrogens (tertiary/aromatic N) is 2. The third kappa shape index (κ3) is 5.61. The van der Waals surface area contributed by atoms with Gasteiger partial charge in [0.25, 0.3) is 5.56 Å². The van der Waals surface area contributed by atoms with E-state index in [1.54, 1.807) is 11.6 Å². The van der Waals surface area contributed by atoms with Crippen LogP contribution in [0.4, 0.5) is 0 Å². The monoisotopic (exact) mass is 394 g/mol. The van der Waals surface area contributed by atoms with Crippen molar-refractivity contribution in [2.45, 2.75) is 44.2 Å². The Bertz CT molecular complexity index is 836. The highest BCUT2D eigenvalue weighted by molar-refractivity contribution is 7.99. The Kier molecular flexibility index (Phi) is 7.72. The lowest BCUT2D eigenvalue weighted by Crippen LogP contribution is -2.26. The number of rotatable bonds is 9. The normalized spacial score (nSPS) is 10.9. The van der Waals surface area contributed by atoms with Crippen LogP contribution >= 0.6 is 23.4 Å². The number of halogens is 1.